The van der Waals surface area contributed by atoms with Crippen molar-refractivity contribution in [3.05, 3.63) is 0 Å². The average molecular weight is 194 g/mol. The van der Waals surface area contributed by atoms with E-state index in [0.717, 1.165) is 6.42 Å². The standard InChI is InChI=1S/C4H10O3S2.Na.H/c5-9(6,7)4-2-1-3-8;;/h8H,1-4H2,(H,5,6,7);;. The molecule has 0 aromatic heterocycles. The summed E-state index contributed by atoms with van der Waals surface area (Å²) in [5.41, 5.74) is 0. The van der Waals surface area contributed by atoms with E-state index in [2.05, 4.69) is 12.6 Å². The van der Waals surface area contributed by atoms with Crippen LogP contribution in [-0.4, -0.2) is 54.0 Å². The van der Waals surface area contributed by atoms with Gasteiger partial charge in [-0.25, -0.2) is 0 Å². The van der Waals surface area contributed by atoms with Crippen molar-refractivity contribution in [1.82, 2.24) is 0 Å². The summed E-state index contributed by atoms with van der Waals surface area (Å²) in [6.45, 7) is 0. The molecule has 3 nitrogen and oxygen atoms in total. The van der Waals surface area contributed by atoms with Crippen molar-refractivity contribution in [2.75, 3.05) is 11.5 Å². The van der Waals surface area contributed by atoms with Gasteiger partial charge in [-0.3, -0.25) is 4.55 Å². The van der Waals surface area contributed by atoms with E-state index in [4.69, 9.17) is 4.55 Å². The molecule has 0 rings (SSSR count). The van der Waals surface area contributed by atoms with Crippen molar-refractivity contribution >= 4 is 52.3 Å². The van der Waals surface area contributed by atoms with E-state index < -0.39 is 10.1 Å². The topological polar surface area (TPSA) is 54.4 Å². The summed E-state index contributed by atoms with van der Waals surface area (Å²) in [4.78, 5) is 0. The molecular weight excluding hydrogens is 183 g/mol. The molecule has 6 heteroatoms. The van der Waals surface area contributed by atoms with Crippen molar-refractivity contribution in [1.29, 1.82) is 0 Å². The van der Waals surface area contributed by atoms with Gasteiger partial charge in [-0.05, 0) is 18.6 Å². The molecule has 0 radical (unpaired) electrons. The fourth-order valence-electron chi connectivity index (χ4n) is 0.396. The molecule has 0 bridgehead atoms. The van der Waals surface area contributed by atoms with Crippen molar-refractivity contribution in [3.63, 3.8) is 0 Å². The summed E-state index contributed by atoms with van der Waals surface area (Å²) in [5, 5.41) is 0. The molecule has 0 aliphatic carbocycles. The molecule has 10 heavy (non-hydrogen) atoms. The Balaban J connectivity index is 0. The Morgan fingerprint density at radius 1 is 1.30 bits per heavy atom. The Kier molecular flexibility index (Phi) is 9.59. The van der Waals surface area contributed by atoms with Crippen LogP contribution in [0.3, 0.4) is 0 Å². The van der Waals surface area contributed by atoms with Crippen LogP contribution in [0.5, 0.6) is 0 Å². The average Bonchev–Trinajstić information content (AvgIpc) is 1.63. The van der Waals surface area contributed by atoms with Gasteiger partial charge in [0.25, 0.3) is 10.1 Å². The van der Waals surface area contributed by atoms with Crippen LogP contribution in [0.1, 0.15) is 12.8 Å². The van der Waals surface area contributed by atoms with Crippen LogP contribution in [0.4, 0.5) is 0 Å². The Labute approximate surface area is 89.0 Å². The van der Waals surface area contributed by atoms with Gasteiger partial charge in [0.1, 0.15) is 0 Å². The normalized spacial score (nSPS) is 10.6. The Morgan fingerprint density at radius 3 is 2.10 bits per heavy atom. The molecule has 58 valence electrons. The first-order valence-electron chi connectivity index (χ1n) is 2.62. The maximum atomic E-state index is 10.0. The molecule has 0 atom stereocenters. The number of unbranched alkanes of at least 4 members (excludes halogenated alkanes) is 1. The number of thiol groups is 1. The van der Waals surface area contributed by atoms with Crippen LogP contribution in [0.25, 0.3) is 0 Å². The van der Waals surface area contributed by atoms with Gasteiger partial charge < -0.3 is 0 Å². The molecular formula is C4H11NaO3S2. The second-order valence-electron chi connectivity index (χ2n) is 1.72. The summed E-state index contributed by atoms with van der Waals surface area (Å²) in [5.74, 6) is 0.517. The maximum absolute atomic E-state index is 10.0. The summed E-state index contributed by atoms with van der Waals surface area (Å²) in [7, 11) is -3.73. The van der Waals surface area contributed by atoms with E-state index in [0.29, 0.717) is 12.2 Å². The second kappa shape index (κ2) is 6.94. The third-order valence-electron chi connectivity index (χ3n) is 0.810. The van der Waals surface area contributed by atoms with E-state index in [1.807, 2.05) is 0 Å². The zero-order chi connectivity index (χ0) is 7.33. The molecule has 0 saturated heterocycles. The first-order valence-corrected chi connectivity index (χ1v) is 4.86. The predicted molar refractivity (Wildman–Crippen MR) is 46.7 cm³/mol. The fourth-order valence-corrected chi connectivity index (χ4v) is 1.19. The molecule has 0 heterocycles. The molecule has 0 aromatic carbocycles. The van der Waals surface area contributed by atoms with Crippen molar-refractivity contribution in [3.8, 4) is 0 Å². The summed E-state index contributed by atoms with van der Waals surface area (Å²) < 4.78 is 28.3. The minimum atomic E-state index is -3.73. The number of hydrogen-bond acceptors (Lipinski definition) is 3. The predicted octanol–water partition coefficient (Wildman–Crippen LogP) is -0.0643. The molecule has 0 spiro atoms. The molecule has 0 aliphatic rings. The SMILES string of the molecule is O=S(=O)(O)CCCCS.[NaH]. The molecule has 0 unspecified atom stereocenters. The van der Waals surface area contributed by atoms with Gasteiger partial charge >= 0.3 is 29.6 Å². The summed E-state index contributed by atoms with van der Waals surface area (Å²) >= 11 is 3.87. The van der Waals surface area contributed by atoms with Crippen LogP contribution in [0, 0.1) is 0 Å². The van der Waals surface area contributed by atoms with Crippen LogP contribution in [0.15, 0.2) is 0 Å². The Hall–Kier alpha value is 1.26. The van der Waals surface area contributed by atoms with Crippen LogP contribution >= 0.6 is 12.6 Å². The third-order valence-corrected chi connectivity index (χ3v) is 1.93. The molecule has 0 amide bonds. The van der Waals surface area contributed by atoms with Gasteiger partial charge in [-0.1, -0.05) is 0 Å². The van der Waals surface area contributed by atoms with E-state index in [-0.39, 0.29) is 35.3 Å². The van der Waals surface area contributed by atoms with Gasteiger partial charge in [0.2, 0.25) is 0 Å². The van der Waals surface area contributed by atoms with Gasteiger partial charge in [0, 0.05) is 0 Å². The molecule has 0 fully saturated rings. The van der Waals surface area contributed by atoms with Crippen LogP contribution in [-0.2, 0) is 10.1 Å². The third kappa shape index (κ3) is 12.0. The Morgan fingerprint density at radius 2 is 1.80 bits per heavy atom. The molecule has 1 N–H and O–H groups in total. The Bertz CT molecular complexity index is 154. The van der Waals surface area contributed by atoms with E-state index >= 15 is 0 Å². The van der Waals surface area contributed by atoms with Crippen LogP contribution < -0.4 is 0 Å². The monoisotopic (exact) mass is 194 g/mol. The molecule has 0 saturated carbocycles. The van der Waals surface area contributed by atoms with E-state index in [9.17, 15) is 8.42 Å². The van der Waals surface area contributed by atoms with Gasteiger partial charge in [-0.2, -0.15) is 21.0 Å². The zero-order valence-electron chi connectivity index (χ0n) is 4.95. The second-order valence-corrected chi connectivity index (χ2v) is 3.74. The summed E-state index contributed by atoms with van der Waals surface area (Å²) in [6.07, 6.45) is 1.21. The van der Waals surface area contributed by atoms with Crippen molar-refractivity contribution in [2.24, 2.45) is 0 Å². The van der Waals surface area contributed by atoms with Crippen molar-refractivity contribution in [2.45, 2.75) is 12.8 Å². The van der Waals surface area contributed by atoms with E-state index in [1.165, 1.54) is 0 Å². The minimum absolute atomic E-state index is 0. The van der Waals surface area contributed by atoms with E-state index in [1.54, 1.807) is 0 Å². The van der Waals surface area contributed by atoms with Gasteiger partial charge in [0.15, 0.2) is 0 Å². The number of hydrogen-bond donors (Lipinski definition) is 2. The fraction of sp³-hybridized carbons (Fsp3) is 1.00. The van der Waals surface area contributed by atoms with Gasteiger partial charge in [-0.15, -0.1) is 0 Å². The first-order chi connectivity index (χ1) is 4.06. The first kappa shape index (κ1) is 13.8. The van der Waals surface area contributed by atoms with Crippen LogP contribution in [0.2, 0.25) is 0 Å². The quantitative estimate of drug-likeness (QED) is 0.285. The summed E-state index contributed by atoms with van der Waals surface area (Å²) in [6, 6.07) is 0. The van der Waals surface area contributed by atoms with Gasteiger partial charge in [0.05, 0.1) is 5.75 Å². The zero-order valence-corrected chi connectivity index (χ0v) is 6.66. The van der Waals surface area contributed by atoms with Crippen molar-refractivity contribution < 1.29 is 13.0 Å². The molecule has 0 aliphatic heterocycles. The molecule has 0 aromatic rings. The number of rotatable bonds is 4.